The highest BCUT2D eigenvalue weighted by Crippen LogP contribution is 2.33. The van der Waals surface area contributed by atoms with Gasteiger partial charge in [-0.05, 0) is 49.7 Å². The molecule has 1 atom stereocenters. The van der Waals surface area contributed by atoms with Crippen LogP contribution in [0.4, 0.5) is 5.69 Å². The molecule has 1 heterocycles. The van der Waals surface area contributed by atoms with Gasteiger partial charge in [-0.2, -0.15) is 0 Å². The van der Waals surface area contributed by atoms with Gasteiger partial charge >= 0.3 is 5.97 Å². The van der Waals surface area contributed by atoms with Crippen molar-refractivity contribution in [3.63, 3.8) is 0 Å². The number of benzene rings is 2. The van der Waals surface area contributed by atoms with Gasteiger partial charge in [0.1, 0.15) is 17.2 Å². The summed E-state index contributed by atoms with van der Waals surface area (Å²) >= 11 is 0. The standard InChI is InChI=1S/C22H25NO6/c1-3-27-16-10-12-17(13-11-16)28-14-6-9-21(24)23-15-20(22(25)26-2)29-19-8-5-4-7-18(19)23/h4-5,7-8,10-13,20H,3,6,9,14-15H2,1-2H3/t20-/m0/s1. The quantitative estimate of drug-likeness (QED) is 0.501. The number of rotatable bonds is 8. The molecule has 0 N–H and O–H groups in total. The second kappa shape index (κ2) is 9.82. The summed E-state index contributed by atoms with van der Waals surface area (Å²) in [6, 6.07) is 14.5. The van der Waals surface area contributed by atoms with Gasteiger partial charge in [-0.1, -0.05) is 12.1 Å². The van der Waals surface area contributed by atoms with Gasteiger partial charge in [-0.15, -0.1) is 0 Å². The third kappa shape index (κ3) is 5.19. The molecule has 0 aromatic heterocycles. The molecule has 0 saturated heterocycles. The number of carbonyl (C=O) groups is 2. The summed E-state index contributed by atoms with van der Waals surface area (Å²) in [7, 11) is 1.30. The fraction of sp³-hybridized carbons (Fsp3) is 0.364. The van der Waals surface area contributed by atoms with Crippen LogP contribution in [0.15, 0.2) is 48.5 Å². The maximum absolute atomic E-state index is 12.8. The summed E-state index contributed by atoms with van der Waals surface area (Å²) in [4.78, 5) is 26.3. The number of hydrogen-bond acceptors (Lipinski definition) is 6. The van der Waals surface area contributed by atoms with Crippen molar-refractivity contribution in [3.8, 4) is 17.2 Å². The van der Waals surface area contributed by atoms with Crippen LogP contribution in [-0.2, 0) is 14.3 Å². The maximum Gasteiger partial charge on any atom is 0.348 e. The normalized spacial score (nSPS) is 15.1. The molecule has 0 radical (unpaired) electrons. The number of methoxy groups -OCH3 is 1. The molecule has 1 amide bonds. The number of para-hydroxylation sites is 2. The number of fused-ring (bicyclic) bond motifs is 1. The van der Waals surface area contributed by atoms with E-state index < -0.39 is 12.1 Å². The average molecular weight is 399 g/mol. The molecule has 0 fully saturated rings. The molecular weight excluding hydrogens is 374 g/mol. The topological polar surface area (TPSA) is 74.3 Å². The van der Waals surface area contributed by atoms with Gasteiger partial charge in [-0.3, -0.25) is 4.79 Å². The van der Waals surface area contributed by atoms with Crippen LogP contribution in [0.2, 0.25) is 0 Å². The molecule has 0 spiro atoms. The van der Waals surface area contributed by atoms with Crippen LogP contribution in [0.25, 0.3) is 0 Å². The third-order valence-electron chi connectivity index (χ3n) is 4.48. The Bertz CT molecular complexity index is 835. The number of anilines is 1. The van der Waals surface area contributed by atoms with E-state index in [1.165, 1.54) is 7.11 Å². The second-order valence-electron chi connectivity index (χ2n) is 6.46. The van der Waals surface area contributed by atoms with Gasteiger partial charge in [0.2, 0.25) is 12.0 Å². The number of amides is 1. The molecule has 1 aliphatic heterocycles. The van der Waals surface area contributed by atoms with E-state index in [1.807, 2.05) is 37.3 Å². The second-order valence-corrected chi connectivity index (χ2v) is 6.46. The van der Waals surface area contributed by atoms with Crippen LogP contribution >= 0.6 is 0 Å². The van der Waals surface area contributed by atoms with Gasteiger partial charge in [0.05, 0.1) is 32.6 Å². The van der Waals surface area contributed by atoms with Gasteiger partial charge < -0.3 is 23.8 Å². The molecule has 1 aliphatic rings. The first-order valence-electron chi connectivity index (χ1n) is 9.62. The molecule has 3 rings (SSSR count). The highest BCUT2D eigenvalue weighted by Gasteiger charge is 2.34. The first-order chi connectivity index (χ1) is 14.1. The minimum Gasteiger partial charge on any atom is -0.494 e. The lowest BCUT2D eigenvalue weighted by Crippen LogP contribution is -2.47. The maximum atomic E-state index is 12.8. The Labute approximate surface area is 170 Å². The Balaban J connectivity index is 1.54. The molecule has 0 unspecified atom stereocenters. The van der Waals surface area contributed by atoms with Crippen LogP contribution < -0.4 is 19.1 Å². The molecular formula is C22H25NO6. The van der Waals surface area contributed by atoms with Crippen LogP contribution in [0.5, 0.6) is 17.2 Å². The Morgan fingerprint density at radius 3 is 2.45 bits per heavy atom. The van der Waals surface area contributed by atoms with E-state index in [-0.39, 0.29) is 12.5 Å². The van der Waals surface area contributed by atoms with E-state index in [9.17, 15) is 9.59 Å². The highest BCUT2D eigenvalue weighted by atomic mass is 16.6. The lowest BCUT2D eigenvalue weighted by molar-refractivity contribution is -0.148. The summed E-state index contributed by atoms with van der Waals surface area (Å²) in [5.74, 6) is 1.42. The van der Waals surface area contributed by atoms with Gasteiger partial charge in [-0.25, -0.2) is 4.79 Å². The smallest absolute Gasteiger partial charge is 0.348 e. The zero-order valence-electron chi connectivity index (χ0n) is 16.6. The van der Waals surface area contributed by atoms with Crippen molar-refractivity contribution in [1.82, 2.24) is 0 Å². The van der Waals surface area contributed by atoms with E-state index in [4.69, 9.17) is 18.9 Å². The fourth-order valence-corrected chi connectivity index (χ4v) is 3.07. The van der Waals surface area contributed by atoms with Crippen LogP contribution in [-0.4, -0.2) is 44.8 Å². The minimum atomic E-state index is -0.834. The van der Waals surface area contributed by atoms with E-state index in [0.717, 1.165) is 11.5 Å². The summed E-state index contributed by atoms with van der Waals surface area (Å²) in [5.41, 5.74) is 0.657. The molecule has 0 aliphatic carbocycles. The molecule has 154 valence electrons. The van der Waals surface area contributed by atoms with E-state index in [2.05, 4.69) is 0 Å². The predicted octanol–water partition coefficient (Wildman–Crippen LogP) is 3.21. The zero-order valence-corrected chi connectivity index (χ0v) is 16.6. The number of nitrogens with zero attached hydrogens (tertiary/aromatic N) is 1. The molecule has 29 heavy (non-hydrogen) atoms. The van der Waals surface area contributed by atoms with Crippen molar-refractivity contribution in [1.29, 1.82) is 0 Å². The SMILES string of the molecule is CCOc1ccc(OCCCC(=O)N2C[C@@H](C(=O)OC)Oc3ccccc32)cc1. The number of esters is 1. The third-order valence-corrected chi connectivity index (χ3v) is 4.48. The van der Waals surface area contributed by atoms with Gasteiger partial charge in [0, 0.05) is 6.42 Å². The Morgan fingerprint density at radius 2 is 1.76 bits per heavy atom. The van der Waals surface area contributed by atoms with Crippen molar-refractivity contribution >= 4 is 17.6 Å². The lowest BCUT2D eigenvalue weighted by atomic mass is 10.1. The van der Waals surface area contributed by atoms with Gasteiger partial charge in [0.15, 0.2) is 0 Å². The molecule has 0 bridgehead atoms. The summed E-state index contributed by atoms with van der Waals surface area (Å²) in [5, 5.41) is 0. The predicted molar refractivity (Wildman–Crippen MR) is 108 cm³/mol. The fourth-order valence-electron chi connectivity index (χ4n) is 3.07. The zero-order chi connectivity index (χ0) is 20.6. The van der Waals surface area contributed by atoms with Crippen LogP contribution in [0.1, 0.15) is 19.8 Å². The Morgan fingerprint density at radius 1 is 1.07 bits per heavy atom. The van der Waals surface area contributed by atoms with Crippen LogP contribution in [0, 0.1) is 0 Å². The van der Waals surface area contributed by atoms with E-state index in [0.29, 0.717) is 37.5 Å². The van der Waals surface area contributed by atoms with Crippen LogP contribution in [0.3, 0.4) is 0 Å². The number of carbonyl (C=O) groups excluding carboxylic acids is 2. The molecule has 2 aromatic carbocycles. The summed E-state index contributed by atoms with van der Waals surface area (Å²) in [6.45, 7) is 3.08. The molecule has 7 heteroatoms. The largest absolute Gasteiger partial charge is 0.494 e. The average Bonchev–Trinajstić information content (AvgIpc) is 2.76. The van der Waals surface area contributed by atoms with E-state index in [1.54, 1.807) is 23.1 Å². The van der Waals surface area contributed by atoms with Gasteiger partial charge in [0.25, 0.3) is 0 Å². The highest BCUT2D eigenvalue weighted by molar-refractivity contribution is 5.96. The lowest BCUT2D eigenvalue weighted by Gasteiger charge is -2.33. The van der Waals surface area contributed by atoms with Crippen molar-refractivity contribution in [2.45, 2.75) is 25.9 Å². The minimum absolute atomic E-state index is 0.0926. The molecule has 7 nitrogen and oxygen atoms in total. The first-order valence-corrected chi connectivity index (χ1v) is 9.62. The first kappa shape index (κ1) is 20.5. The number of ether oxygens (including phenoxy) is 4. The van der Waals surface area contributed by atoms with Crippen molar-refractivity contribution in [2.75, 3.05) is 31.8 Å². The number of hydrogen-bond donors (Lipinski definition) is 0. The monoisotopic (exact) mass is 399 g/mol. The molecule has 0 saturated carbocycles. The Kier molecular flexibility index (Phi) is 6.94. The van der Waals surface area contributed by atoms with Crippen molar-refractivity contribution in [3.05, 3.63) is 48.5 Å². The molecule has 2 aromatic rings. The van der Waals surface area contributed by atoms with Crippen molar-refractivity contribution < 1.29 is 28.5 Å². The van der Waals surface area contributed by atoms with E-state index >= 15 is 0 Å². The summed E-state index contributed by atoms with van der Waals surface area (Å²) in [6.07, 6.45) is 0.00669. The Hall–Kier alpha value is -3.22. The summed E-state index contributed by atoms with van der Waals surface area (Å²) < 4.78 is 21.5. The van der Waals surface area contributed by atoms with Crippen molar-refractivity contribution in [2.24, 2.45) is 0 Å².